The van der Waals surface area contributed by atoms with Crippen molar-refractivity contribution in [1.82, 2.24) is 0 Å². The molecule has 0 saturated heterocycles. The van der Waals surface area contributed by atoms with Crippen LogP contribution in [0.1, 0.15) is 36.7 Å². The number of hydrogen-bond acceptors (Lipinski definition) is 3. The molecule has 0 unspecified atom stereocenters. The highest BCUT2D eigenvalue weighted by Gasteiger charge is 2.16. The van der Waals surface area contributed by atoms with Crippen molar-refractivity contribution in [2.24, 2.45) is 0 Å². The minimum Gasteiger partial charge on any atom is -0.322 e. The van der Waals surface area contributed by atoms with Gasteiger partial charge in [0, 0.05) is 11.3 Å². The van der Waals surface area contributed by atoms with E-state index in [0.717, 1.165) is 5.56 Å². The predicted molar refractivity (Wildman–Crippen MR) is 117 cm³/mol. The molecule has 29 heavy (non-hydrogen) atoms. The third-order valence-electron chi connectivity index (χ3n) is 4.44. The van der Waals surface area contributed by atoms with E-state index in [9.17, 15) is 13.2 Å². The Kier molecular flexibility index (Phi) is 5.75. The Hall–Kier alpha value is -3.12. The lowest BCUT2D eigenvalue weighted by molar-refractivity contribution is 0.102. The average Bonchev–Trinajstić information content (AvgIpc) is 2.68. The van der Waals surface area contributed by atoms with E-state index in [0.29, 0.717) is 16.9 Å². The van der Waals surface area contributed by atoms with Gasteiger partial charge in [-0.05, 0) is 53.4 Å². The van der Waals surface area contributed by atoms with Crippen molar-refractivity contribution in [2.75, 3.05) is 10.0 Å². The fraction of sp³-hybridized carbons (Fsp3) is 0.174. The lowest BCUT2D eigenvalue weighted by Crippen LogP contribution is -2.15. The highest BCUT2D eigenvalue weighted by Crippen LogP contribution is 2.23. The number of rotatable bonds is 5. The Bertz CT molecular complexity index is 1100. The molecular formula is C23H24N2O3S. The van der Waals surface area contributed by atoms with Gasteiger partial charge in [0.1, 0.15) is 0 Å². The number of anilines is 2. The summed E-state index contributed by atoms with van der Waals surface area (Å²) in [7, 11) is -3.69. The van der Waals surface area contributed by atoms with Crippen LogP contribution in [-0.4, -0.2) is 14.3 Å². The van der Waals surface area contributed by atoms with Crippen LogP contribution in [-0.2, 0) is 15.4 Å². The molecule has 0 spiro atoms. The van der Waals surface area contributed by atoms with Crippen LogP contribution >= 0.6 is 0 Å². The summed E-state index contributed by atoms with van der Waals surface area (Å²) in [5.41, 5.74) is 2.57. The van der Waals surface area contributed by atoms with Crippen LogP contribution in [0, 0.1) is 0 Å². The molecule has 150 valence electrons. The fourth-order valence-electron chi connectivity index (χ4n) is 2.80. The lowest BCUT2D eigenvalue weighted by Gasteiger charge is -2.19. The molecule has 0 heterocycles. The van der Waals surface area contributed by atoms with Gasteiger partial charge in [-0.3, -0.25) is 9.52 Å². The van der Waals surface area contributed by atoms with E-state index in [1.165, 1.54) is 12.1 Å². The van der Waals surface area contributed by atoms with Gasteiger partial charge in [0.25, 0.3) is 15.9 Å². The smallest absolute Gasteiger partial charge is 0.261 e. The van der Waals surface area contributed by atoms with Gasteiger partial charge in [-0.25, -0.2) is 8.42 Å². The molecule has 0 aliphatic carbocycles. The van der Waals surface area contributed by atoms with Crippen LogP contribution in [0.2, 0.25) is 0 Å². The molecule has 0 bridgehead atoms. The van der Waals surface area contributed by atoms with Crippen LogP contribution < -0.4 is 10.0 Å². The molecule has 5 nitrogen and oxygen atoms in total. The molecule has 0 radical (unpaired) electrons. The maximum atomic E-state index is 12.5. The van der Waals surface area contributed by atoms with E-state index in [4.69, 9.17) is 0 Å². The molecular weight excluding hydrogens is 384 g/mol. The summed E-state index contributed by atoms with van der Waals surface area (Å²) in [5, 5.41) is 2.81. The summed E-state index contributed by atoms with van der Waals surface area (Å²) in [4.78, 5) is 12.7. The van der Waals surface area contributed by atoms with Crippen LogP contribution in [0.25, 0.3) is 0 Å². The van der Waals surface area contributed by atoms with Crippen LogP contribution in [0.4, 0.5) is 11.4 Å². The molecule has 3 aromatic carbocycles. The van der Waals surface area contributed by atoms with Gasteiger partial charge in [0.2, 0.25) is 0 Å². The van der Waals surface area contributed by atoms with Gasteiger partial charge in [0.15, 0.2) is 0 Å². The fourth-order valence-corrected chi connectivity index (χ4v) is 3.87. The number of hydrogen-bond donors (Lipinski definition) is 2. The van der Waals surface area contributed by atoms with Gasteiger partial charge < -0.3 is 5.32 Å². The molecule has 3 rings (SSSR count). The Morgan fingerprint density at radius 1 is 0.793 bits per heavy atom. The van der Waals surface area contributed by atoms with Crippen LogP contribution in [0.3, 0.4) is 0 Å². The molecule has 6 heteroatoms. The molecule has 0 fully saturated rings. The number of sulfonamides is 1. The maximum Gasteiger partial charge on any atom is 0.261 e. The first-order chi connectivity index (χ1) is 13.6. The zero-order valence-corrected chi connectivity index (χ0v) is 17.5. The van der Waals surface area contributed by atoms with E-state index in [1.807, 2.05) is 12.1 Å². The van der Waals surface area contributed by atoms with Gasteiger partial charge in [-0.15, -0.1) is 0 Å². The van der Waals surface area contributed by atoms with Crippen molar-refractivity contribution < 1.29 is 13.2 Å². The maximum absolute atomic E-state index is 12.5. The van der Waals surface area contributed by atoms with Crippen LogP contribution in [0.15, 0.2) is 83.8 Å². The molecule has 0 aliphatic heterocycles. The van der Waals surface area contributed by atoms with Crippen molar-refractivity contribution in [2.45, 2.75) is 31.1 Å². The third-order valence-corrected chi connectivity index (χ3v) is 5.84. The number of amides is 1. The molecule has 0 saturated carbocycles. The van der Waals surface area contributed by atoms with Crippen molar-refractivity contribution in [3.8, 4) is 0 Å². The number of carbonyl (C=O) groups is 1. The number of carbonyl (C=O) groups excluding carboxylic acids is 1. The predicted octanol–water partition coefficient (Wildman–Crippen LogP) is 5.04. The third kappa shape index (κ3) is 5.23. The first-order valence-corrected chi connectivity index (χ1v) is 10.7. The number of benzene rings is 3. The highest BCUT2D eigenvalue weighted by atomic mass is 32.2. The molecule has 0 aromatic heterocycles. The van der Waals surface area contributed by atoms with Crippen LogP contribution in [0.5, 0.6) is 0 Å². The summed E-state index contributed by atoms with van der Waals surface area (Å²) in [6.45, 7) is 6.35. The lowest BCUT2D eigenvalue weighted by atomic mass is 9.87. The summed E-state index contributed by atoms with van der Waals surface area (Å²) in [6.07, 6.45) is 0. The Labute approximate surface area is 171 Å². The van der Waals surface area contributed by atoms with Crippen molar-refractivity contribution in [1.29, 1.82) is 0 Å². The SMILES string of the molecule is CC(C)(C)c1ccc(C(=O)Nc2cccc(NS(=O)(=O)c3ccccc3)c2)cc1. The van der Waals surface area contributed by atoms with Crippen molar-refractivity contribution in [3.05, 3.63) is 90.0 Å². The largest absolute Gasteiger partial charge is 0.322 e. The van der Waals surface area contributed by atoms with Gasteiger partial charge in [-0.2, -0.15) is 0 Å². The van der Waals surface area contributed by atoms with E-state index in [1.54, 1.807) is 54.6 Å². The monoisotopic (exact) mass is 408 g/mol. The summed E-state index contributed by atoms with van der Waals surface area (Å²) in [5.74, 6) is -0.256. The molecule has 3 aromatic rings. The van der Waals surface area contributed by atoms with E-state index in [2.05, 4.69) is 30.8 Å². The van der Waals surface area contributed by atoms with Gasteiger partial charge >= 0.3 is 0 Å². The average molecular weight is 409 g/mol. The first-order valence-electron chi connectivity index (χ1n) is 9.25. The molecule has 1 amide bonds. The highest BCUT2D eigenvalue weighted by molar-refractivity contribution is 7.92. The van der Waals surface area contributed by atoms with Crippen molar-refractivity contribution in [3.63, 3.8) is 0 Å². The Morgan fingerprint density at radius 3 is 2.03 bits per heavy atom. The zero-order chi connectivity index (χ0) is 21.1. The second-order valence-corrected chi connectivity index (χ2v) is 9.46. The second kappa shape index (κ2) is 8.09. The number of nitrogens with one attached hydrogen (secondary N) is 2. The van der Waals surface area contributed by atoms with E-state index < -0.39 is 10.0 Å². The molecule has 0 atom stereocenters. The van der Waals surface area contributed by atoms with Gasteiger partial charge in [0.05, 0.1) is 10.6 Å². The Balaban J connectivity index is 1.74. The van der Waals surface area contributed by atoms with Crippen molar-refractivity contribution >= 4 is 27.3 Å². The summed E-state index contributed by atoms with van der Waals surface area (Å²) < 4.78 is 27.5. The van der Waals surface area contributed by atoms with E-state index >= 15 is 0 Å². The Morgan fingerprint density at radius 2 is 1.41 bits per heavy atom. The minimum absolute atomic E-state index is 0.0131. The zero-order valence-electron chi connectivity index (χ0n) is 16.6. The molecule has 0 aliphatic rings. The molecule has 2 N–H and O–H groups in total. The van der Waals surface area contributed by atoms with E-state index in [-0.39, 0.29) is 16.2 Å². The quantitative estimate of drug-likeness (QED) is 0.621. The van der Waals surface area contributed by atoms with Gasteiger partial charge in [-0.1, -0.05) is 57.2 Å². The second-order valence-electron chi connectivity index (χ2n) is 7.78. The first kappa shape index (κ1) is 20.6. The normalized spacial score (nSPS) is 11.7. The standard InChI is InChI=1S/C23H24N2O3S/c1-23(2,3)18-14-12-17(13-15-18)22(26)24-19-8-7-9-20(16-19)25-29(27,28)21-10-5-4-6-11-21/h4-16,25H,1-3H3,(H,24,26). The summed E-state index contributed by atoms with van der Waals surface area (Å²) >= 11 is 0. The minimum atomic E-state index is -3.69. The summed E-state index contributed by atoms with van der Waals surface area (Å²) in [6, 6.07) is 22.2. The topological polar surface area (TPSA) is 75.3 Å².